The lowest BCUT2D eigenvalue weighted by Crippen LogP contribution is -2.49. The highest BCUT2D eigenvalue weighted by Gasteiger charge is 2.24. The highest BCUT2D eigenvalue weighted by atomic mass is 32.1. The Morgan fingerprint density at radius 2 is 2.00 bits per heavy atom. The fourth-order valence-electron chi connectivity index (χ4n) is 2.30. The predicted octanol–water partition coefficient (Wildman–Crippen LogP) is 2.83. The highest BCUT2D eigenvalue weighted by molar-refractivity contribution is 7.09. The van der Waals surface area contributed by atoms with E-state index in [-0.39, 0.29) is 17.7 Å². The molecule has 6 heteroatoms. The molecule has 2 rings (SSSR count). The van der Waals surface area contributed by atoms with Gasteiger partial charge in [-0.15, -0.1) is 11.3 Å². The summed E-state index contributed by atoms with van der Waals surface area (Å²) in [4.78, 5) is 29.2. The van der Waals surface area contributed by atoms with Gasteiger partial charge >= 0.3 is 0 Å². The third kappa shape index (κ3) is 4.89. The maximum atomic E-state index is 12.4. The van der Waals surface area contributed by atoms with Crippen LogP contribution in [-0.2, 0) is 11.3 Å². The molecule has 2 N–H and O–H groups in total. The molecule has 0 saturated carbocycles. The molecule has 2 amide bonds. The van der Waals surface area contributed by atoms with Gasteiger partial charge in [-0.1, -0.05) is 31.5 Å². The van der Waals surface area contributed by atoms with Crippen molar-refractivity contribution in [1.82, 2.24) is 15.6 Å². The molecule has 0 aliphatic carbocycles. The summed E-state index contributed by atoms with van der Waals surface area (Å²) in [6.45, 7) is 8.05. The van der Waals surface area contributed by atoms with Crippen molar-refractivity contribution in [3.63, 3.8) is 0 Å². The summed E-state index contributed by atoms with van der Waals surface area (Å²) in [6, 6.07) is 6.73. The molecule has 0 aliphatic rings. The summed E-state index contributed by atoms with van der Waals surface area (Å²) in [7, 11) is 0. The minimum absolute atomic E-state index is 0.0169. The van der Waals surface area contributed by atoms with Gasteiger partial charge in [0.2, 0.25) is 5.91 Å². The molecule has 24 heavy (non-hydrogen) atoms. The standard InChI is InChI=1S/C18H23N3O2S/c1-11(2)16(18(23)19-9-15-20-13(4)10-24-15)21-17(22)14-7-5-6-12(3)8-14/h5-8,10-11,16H,9H2,1-4H3,(H,19,23)(H,21,22). The van der Waals surface area contributed by atoms with E-state index in [0.717, 1.165) is 16.3 Å². The molecule has 128 valence electrons. The van der Waals surface area contributed by atoms with Gasteiger partial charge in [0.25, 0.3) is 5.91 Å². The van der Waals surface area contributed by atoms with Crippen molar-refractivity contribution in [1.29, 1.82) is 0 Å². The Kier molecular flexibility index (Phi) is 6.09. The average Bonchev–Trinajstić information content (AvgIpc) is 2.95. The molecule has 1 atom stereocenters. The van der Waals surface area contributed by atoms with Crippen LogP contribution in [0.1, 0.15) is 40.5 Å². The second-order valence-electron chi connectivity index (χ2n) is 6.17. The minimum atomic E-state index is -0.584. The summed E-state index contributed by atoms with van der Waals surface area (Å²) >= 11 is 1.51. The van der Waals surface area contributed by atoms with Crippen LogP contribution in [0.2, 0.25) is 0 Å². The van der Waals surface area contributed by atoms with Gasteiger partial charge in [0.05, 0.1) is 6.54 Å². The number of nitrogens with one attached hydrogen (secondary N) is 2. The van der Waals surface area contributed by atoms with E-state index in [0.29, 0.717) is 12.1 Å². The summed E-state index contributed by atoms with van der Waals surface area (Å²) < 4.78 is 0. The number of amides is 2. The average molecular weight is 345 g/mol. The van der Waals surface area contributed by atoms with Gasteiger partial charge < -0.3 is 10.6 Å². The molecule has 0 aliphatic heterocycles. The fourth-order valence-corrected chi connectivity index (χ4v) is 3.01. The van der Waals surface area contributed by atoms with E-state index in [4.69, 9.17) is 0 Å². The second-order valence-corrected chi connectivity index (χ2v) is 7.11. The monoisotopic (exact) mass is 345 g/mol. The van der Waals surface area contributed by atoms with Crippen LogP contribution < -0.4 is 10.6 Å². The molecule has 2 aromatic rings. The summed E-state index contributed by atoms with van der Waals surface area (Å²) in [5.74, 6) is -0.451. The first-order chi connectivity index (χ1) is 11.4. The molecule has 0 bridgehead atoms. The van der Waals surface area contributed by atoms with E-state index >= 15 is 0 Å². The maximum Gasteiger partial charge on any atom is 0.251 e. The van der Waals surface area contributed by atoms with Crippen LogP contribution in [0, 0.1) is 19.8 Å². The molecule has 1 aromatic heterocycles. The molecule has 0 fully saturated rings. The van der Waals surface area contributed by atoms with Crippen LogP contribution in [0.5, 0.6) is 0 Å². The number of carbonyl (C=O) groups is 2. The molecule has 0 spiro atoms. The lowest BCUT2D eigenvalue weighted by atomic mass is 10.0. The van der Waals surface area contributed by atoms with Crippen LogP contribution in [0.3, 0.4) is 0 Å². The zero-order valence-corrected chi connectivity index (χ0v) is 15.2. The van der Waals surface area contributed by atoms with Gasteiger partial charge in [0.1, 0.15) is 11.0 Å². The first kappa shape index (κ1) is 18.1. The zero-order valence-electron chi connectivity index (χ0n) is 14.4. The minimum Gasteiger partial charge on any atom is -0.348 e. The Morgan fingerprint density at radius 3 is 2.58 bits per heavy atom. The normalized spacial score (nSPS) is 12.0. The summed E-state index contributed by atoms with van der Waals surface area (Å²) in [5, 5.41) is 8.49. The number of aromatic nitrogens is 1. The number of hydrogen-bond acceptors (Lipinski definition) is 4. The Morgan fingerprint density at radius 1 is 1.25 bits per heavy atom. The maximum absolute atomic E-state index is 12.4. The number of carbonyl (C=O) groups excluding carboxylic acids is 2. The largest absolute Gasteiger partial charge is 0.348 e. The van der Waals surface area contributed by atoms with E-state index in [2.05, 4.69) is 15.6 Å². The number of rotatable bonds is 6. The Hall–Kier alpha value is -2.21. The van der Waals surface area contributed by atoms with Crippen LogP contribution in [0.4, 0.5) is 0 Å². The quantitative estimate of drug-likeness (QED) is 0.846. The molecule has 1 heterocycles. The Labute approximate surface area is 146 Å². The predicted molar refractivity (Wildman–Crippen MR) is 96.0 cm³/mol. The molecular weight excluding hydrogens is 322 g/mol. The van der Waals surface area contributed by atoms with Crippen LogP contribution >= 0.6 is 11.3 Å². The van der Waals surface area contributed by atoms with Crippen molar-refractivity contribution in [2.75, 3.05) is 0 Å². The number of hydrogen-bond donors (Lipinski definition) is 2. The number of nitrogens with zero attached hydrogens (tertiary/aromatic N) is 1. The third-order valence-electron chi connectivity index (χ3n) is 3.60. The molecule has 1 unspecified atom stereocenters. The van der Waals surface area contributed by atoms with E-state index in [1.807, 2.05) is 51.3 Å². The van der Waals surface area contributed by atoms with Crippen molar-refractivity contribution < 1.29 is 9.59 Å². The number of thiazole rings is 1. The second kappa shape index (κ2) is 8.06. The summed E-state index contributed by atoms with van der Waals surface area (Å²) in [5.41, 5.74) is 2.51. The van der Waals surface area contributed by atoms with Gasteiger partial charge in [0, 0.05) is 16.6 Å². The Bertz CT molecular complexity index is 725. The van der Waals surface area contributed by atoms with E-state index in [1.54, 1.807) is 6.07 Å². The van der Waals surface area contributed by atoms with Gasteiger partial charge in [-0.25, -0.2) is 4.98 Å². The van der Waals surface area contributed by atoms with E-state index in [1.165, 1.54) is 11.3 Å². The van der Waals surface area contributed by atoms with Gasteiger partial charge in [-0.05, 0) is 31.9 Å². The molecule has 5 nitrogen and oxygen atoms in total. The smallest absolute Gasteiger partial charge is 0.251 e. The van der Waals surface area contributed by atoms with E-state index in [9.17, 15) is 9.59 Å². The van der Waals surface area contributed by atoms with Crippen LogP contribution in [-0.4, -0.2) is 22.8 Å². The molecule has 0 saturated heterocycles. The van der Waals surface area contributed by atoms with Gasteiger partial charge in [0.15, 0.2) is 0 Å². The van der Waals surface area contributed by atoms with Crippen molar-refractivity contribution in [2.24, 2.45) is 5.92 Å². The fraction of sp³-hybridized carbons (Fsp3) is 0.389. The first-order valence-electron chi connectivity index (χ1n) is 7.93. The molecular formula is C18H23N3O2S. The lowest BCUT2D eigenvalue weighted by Gasteiger charge is -2.21. The van der Waals surface area contributed by atoms with Crippen molar-refractivity contribution in [3.8, 4) is 0 Å². The number of aryl methyl sites for hydroxylation is 2. The zero-order chi connectivity index (χ0) is 17.7. The van der Waals surface area contributed by atoms with Gasteiger partial charge in [-0.2, -0.15) is 0 Å². The number of benzene rings is 1. The first-order valence-corrected chi connectivity index (χ1v) is 8.81. The third-order valence-corrected chi connectivity index (χ3v) is 4.56. The highest BCUT2D eigenvalue weighted by Crippen LogP contribution is 2.10. The van der Waals surface area contributed by atoms with Gasteiger partial charge in [-0.3, -0.25) is 9.59 Å². The molecule has 0 radical (unpaired) electrons. The Balaban J connectivity index is 2.00. The van der Waals surface area contributed by atoms with Crippen molar-refractivity contribution in [2.45, 2.75) is 40.3 Å². The lowest BCUT2D eigenvalue weighted by molar-refractivity contribution is -0.124. The van der Waals surface area contributed by atoms with E-state index < -0.39 is 6.04 Å². The van der Waals surface area contributed by atoms with Crippen molar-refractivity contribution >= 4 is 23.2 Å². The van der Waals surface area contributed by atoms with Crippen molar-refractivity contribution in [3.05, 3.63) is 51.5 Å². The molecule has 1 aromatic carbocycles. The summed E-state index contributed by atoms with van der Waals surface area (Å²) in [6.07, 6.45) is 0. The van der Waals surface area contributed by atoms with Crippen LogP contribution in [0.15, 0.2) is 29.6 Å². The van der Waals surface area contributed by atoms with Crippen LogP contribution in [0.25, 0.3) is 0 Å². The SMILES string of the molecule is Cc1cccc(C(=O)NC(C(=O)NCc2nc(C)cs2)C(C)C)c1. The topological polar surface area (TPSA) is 71.1 Å².